The average Bonchev–Trinajstić information content (AvgIpc) is 2.57. The van der Waals surface area contributed by atoms with Gasteiger partial charge in [-0.1, -0.05) is 41.5 Å². The van der Waals surface area contributed by atoms with Gasteiger partial charge in [0.1, 0.15) is 11.6 Å². The Kier molecular flexibility index (Phi) is 5.78. The summed E-state index contributed by atoms with van der Waals surface area (Å²) in [7, 11) is 0. The summed E-state index contributed by atoms with van der Waals surface area (Å²) >= 11 is 1.94. The maximum absolute atomic E-state index is 6.32. The van der Waals surface area contributed by atoms with Crippen LogP contribution in [0.5, 0.6) is 0 Å². The van der Waals surface area contributed by atoms with Crippen LogP contribution in [0.25, 0.3) is 0 Å². The Morgan fingerprint density at radius 3 is 2.42 bits per heavy atom. The van der Waals surface area contributed by atoms with Crippen molar-refractivity contribution in [1.82, 2.24) is 9.55 Å². The topological polar surface area (TPSA) is 43.8 Å². The molecule has 0 amide bonds. The number of nitrogens with zero attached hydrogens (tertiary/aromatic N) is 2. The van der Waals surface area contributed by atoms with E-state index in [1.165, 1.54) is 0 Å². The molecule has 0 saturated carbocycles. The maximum Gasteiger partial charge on any atom is 0.126 e. The number of imidazole rings is 1. The molecule has 1 heterocycles. The molecule has 0 aliphatic heterocycles. The van der Waals surface area contributed by atoms with E-state index < -0.39 is 0 Å². The fraction of sp³-hybridized carbons (Fsp3) is 0.800. The number of hydrogen-bond donors (Lipinski definition) is 1. The molecule has 0 atom stereocenters. The number of anilines is 1. The summed E-state index contributed by atoms with van der Waals surface area (Å²) in [4.78, 5) is 4.83. The first kappa shape index (κ1) is 16.4. The molecule has 0 fully saturated rings. The van der Waals surface area contributed by atoms with E-state index in [9.17, 15) is 0 Å². The zero-order valence-electron chi connectivity index (χ0n) is 13.3. The van der Waals surface area contributed by atoms with E-state index in [0.29, 0.717) is 5.92 Å². The molecule has 4 heteroatoms. The van der Waals surface area contributed by atoms with Gasteiger partial charge in [-0.25, -0.2) is 4.98 Å². The summed E-state index contributed by atoms with van der Waals surface area (Å²) in [6, 6.07) is 0. The number of thioether (sulfide) groups is 1. The summed E-state index contributed by atoms with van der Waals surface area (Å²) < 4.78 is 2.22. The Bertz CT molecular complexity index is 402. The van der Waals surface area contributed by atoms with Gasteiger partial charge in [0.25, 0.3) is 0 Å². The fourth-order valence-corrected chi connectivity index (χ4v) is 2.76. The molecule has 0 aromatic carbocycles. The van der Waals surface area contributed by atoms with Crippen molar-refractivity contribution in [2.45, 2.75) is 59.9 Å². The molecule has 0 unspecified atom stereocenters. The molecule has 2 N–H and O–H groups in total. The summed E-state index contributed by atoms with van der Waals surface area (Å²) in [6.45, 7) is 14.2. The smallest absolute Gasteiger partial charge is 0.126 e. The zero-order chi connectivity index (χ0) is 14.6. The van der Waals surface area contributed by atoms with Crippen molar-refractivity contribution in [2.75, 3.05) is 17.2 Å². The Balaban J connectivity index is 3.04. The van der Waals surface area contributed by atoms with Crippen LogP contribution in [0.15, 0.2) is 0 Å². The van der Waals surface area contributed by atoms with E-state index in [4.69, 9.17) is 10.7 Å². The molecule has 0 saturated heterocycles. The van der Waals surface area contributed by atoms with Crippen LogP contribution in [-0.2, 0) is 18.4 Å². The SMILES string of the molecule is CCSCCc1nc(C(C)(C)C)n(CC(C)C)c1N. The third kappa shape index (κ3) is 4.44. The summed E-state index contributed by atoms with van der Waals surface area (Å²) in [5.41, 5.74) is 7.44. The van der Waals surface area contributed by atoms with Gasteiger partial charge in [0.2, 0.25) is 0 Å². The van der Waals surface area contributed by atoms with E-state index in [1.54, 1.807) is 0 Å². The highest BCUT2D eigenvalue weighted by atomic mass is 32.2. The number of aromatic nitrogens is 2. The number of nitrogens with two attached hydrogens (primary N) is 1. The molecule has 1 aromatic heterocycles. The molecule has 0 aliphatic carbocycles. The van der Waals surface area contributed by atoms with Crippen molar-refractivity contribution >= 4 is 17.6 Å². The van der Waals surface area contributed by atoms with Crippen LogP contribution >= 0.6 is 11.8 Å². The van der Waals surface area contributed by atoms with E-state index in [2.05, 4.69) is 46.1 Å². The Hall–Kier alpha value is -0.640. The van der Waals surface area contributed by atoms with Crippen LogP contribution in [-0.4, -0.2) is 21.1 Å². The molecule has 0 spiro atoms. The lowest BCUT2D eigenvalue weighted by Gasteiger charge is -2.21. The quantitative estimate of drug-likeness (QED) is 0.809. The van der Waals surface area contributed by atoms with Crippen molar-refractivity contribution in [3.05, 3.63) is 11.5 Å². The standard InChI is InChI=1S/C15H29N3S/c1-7-19-9-8-12-13(16)18(10-11(2)3)14(17-12)15(4,5)6/h11H,7-10,16H2,1-6H3. The largest absolute Gasteiger partial charge is 0.384 e. The Morgan fingerprint density at radius 1 is 1.32 bits per heavy atom. The molecular weight excluding hydrogens is 254 g/mol. The molecule has 1 aromatic rings. The first-order valence-electron chi connectivity index (χ1n) is 7.20. The van der Waals surface area contributed by atoms with Gasteiger partial charge in [-0.05, 0) is 17.4 Å². The van der Waals surface area contributed by atoms with E-state index in [0.717, 1.165) is 41.8 Å². The van der Waals surface area contributed by atoms with Gasteiger partial charge in [-0.3, -0.25) is 0 Å². The molecule has 3 nitrogen and oxygen atoms in total. The van der Waals surface area contributed by atoms with Gasteiger partial charge < -0.3 is 10.3 Å². The molecule has 0 bridgehead atoms. The maximum atomic E-state index is 6.32. The predicted molar refractivity (Wildman–Crippen MR) is 86.9 cm³/mol. The monoisotopic (exact) mass is 283 g/mol. The molecule has 0 radical (unpaired) electrons. The second-order valence-electron chi connectivity index (χ2n) is 6.47. The van der Waals surface area contributed by atoms with Crippen molar-refractivity contribution in [1.29, 1.82) is 0 Å². The van der Waals surface area contributed by atoms with Crippen molar-refractivity contribution < 1.29 is 0 Å². The lowest BCUT2D eigenvalue weighted by Crippen LogP contribution is -2.21. The van der Waals surface area contributed by atoms with Gasteiger partial charge >= 0.3 is 0 Å². The van der Waals surface area contributed by atoms with Crippen LogP contribution in [0.2, 0.25) is 0 Å². The predicted octanol–water partition coefficient (Wildman–Crippen LogP) is 3.71. The third-order valence-corrected chi connectivity index (χ3v) is 3.89. The van der Waals surface area contributed by atoms with Crippen molar-refractivity contribution in [2.24, 2.45) is 5.92 Å². The zero-order valence-corrected chi connectivity index (χ0v) is 14.1. The molecule has 1 rings (SSSR count). The highest BCUT2D eigenvalue weighted by molar-refractivity contribution is 7.99. The van der Waals surface area contributed by atoms with Gasteiger partial charge in [0.15, 0.2) is 0 Å². The Labute approximate surface area is 122 Å². The van der Waals surface area contributed by atoms with Crippen molar-refractivity contribution in [3.8, 4) is 0 Å². The van der Waals surface area contributed by atoms with E-state index in [1.807, 2.05) is 11.8 Å². The summed E-state index contributed by atoms with van der Waals surface area (Å²) in [6.07, 6.45) is 0.971. The molecular formula is C15H29N3S. The Morgan fingerprint density at radius 2 is 1.95 bits per heavy atom. The fourth-order valence-electron chi connectivity index (χ4n) is 2.14. The number of nitrogen functional groups attached to an aromatic ring is 1. The third-order valence-electron chi connectivity index (χ3n) is 2.99. The van der Waals surface area contributed by atoms with Gasteiger partial charge in [0, 0.05) is 18.4 Å². The van der Waals surface area contributed by atoms with Gasteiger partial charge in [-0.15, -0.1) is 0 Å². The second-order valence-corrected chi connectivity index (χ2v) is 7.86. The number of aryl methyl sites for hydroxylation is 1. The number of rotatable bonds is 6. The van der Waals surface area contributed by atoms with Gasteiger partial charge in [-0.2, -0.15) is 11.8 Å². The highest BCUT2D eigenvalue weighted by Crippen LogP contribution is 2.27. The highest BCUT2D eigenvalue weighted by Gasteiger charge is 2.24. The van der Waals surface area contributed by atoms with Crippen LogP contribution in [0.3, 0.4) is 0 Å². The minimum atomic E-state index is 0.0408. The van der Waals surface area contributed by atoms with E-state index in [-0.39, 0.29) is 5.41 Å². The molecule has 0 aliphatic rings. The minimum absolute atomic E-state index is 0.0408. The van der Waals surface area contributed by atoms with Crippen LogP contribution in [0.4, 0.5) is 5.82 Å². The molecule has 110 valence electrons. The average molecular weight is 283 g/mol. The normalized spacial score (nSPS) is 12.4. The van der Waals surface area contributed by atoms with Gasteiger partial charge in [0.05, 0.1) is 5.69 Å². The minimum Gasteiger partial charge on any atom is -0.384 e. The lowest BCUT2D eigenvalue weighted by molar-refractivity contribution is 0.454. The summed E-state index contributed by atoms with van der Waals surface area (Å²) in [5.74, 6) is 4.82. The van der Waals surface area contributed by atoms with Crippen LogP contribution in [0, 0.1) is 5.92 Å². The lowest BCUT2D eigenvalue weighted by atomic mass is 9.95. The van der Waals surface area contributed by atoms with E-state index >= 15 is 0 Å². The molecule has 19 heavy (non-hydrogen) atoms. The van der Waals surface area contributed by atoms with Crippen LogP contribution < -0.4 is 5.73 Å². The van der Waals surface area contributed by atoms with Crippen molar-refractivity contribution in [3.63, 3.8) is 0 Å². The number of hydrogen-bond acceptors (Lipinski definition) is 3. The second kappa shape index (κ2) is 6.69. The first-order chi connectivity index (χ1) is 8.77. The van der Waals surface area contributed by atoms with Crippen LogP contribution in [0.1, 0.15) is 53.1 Å². The summed E-state index contributed by atoms with van der Waals surface area (Å²) in [5, 5.41) is 0. The first-order valence-corrected chi connectivity index (χ1v) is 8.35.